The van der Waals surface area contributed by atoms with Crippen LogP contribution in [0.2, 0.25) is 0 Å². The van der Waals surface area contributed by atoms with Crippen LogP contribution >= 0.6 is 0 Å². The molecule has 8 nitrogen and oxygen atoms in total. The lowest BCUT2D eigenvalue weighted by atomic mass is 10.1. The summed E-state index contributed by atoms with van der Waals surface area (Å²) in [6.07, 6.45) is 4.50. The van der Waals surface area contributed by atoms with Crippen LogP contribution in [0.5, 0.6) is 5.75 Å². The van der Waals surface area contributed by atoms with E-state index in [1.165, 1.54) is 0 Å². The number of H-pyrrole nitrogens is 1. The molecule has 4 rings (SSSR count). The van der Waals surface area contributed by atoms with Crippen molar-refractivity contribution in [2.45, 2.75) is 19.4 Å². The third-order valence-corrected chi connectivity index (χ3v) is 5.00. The highest BCUT2D eigenvalue weighted by atomic mass is 16.5. The second-order valence-electron chi connectivity index (χ2n) is 7.11. The van der Waals surface area contributed by atoms with Crippen LogP contribution < -0.4 is 10.1 Å². The molecule has 0 aliphatic heterocycles. The smallest absolute Gasteiger partial charge is 0.311 e. The van der Waals surface area contributed by atoms with Gasteiger partial charge in [0.2, 0.25) is 0 Å². The van der Waals surface area contributed by atoms with E-state index in [1.807, 2.05) is 24.3 Å². The Hall–Kier alpha value is -3.68. The second kappa shape index (κ2) is 7.75. The fraction of sp³-hybridized carbons (Fsp3) is 0.238. The van der Waals surface area contributed by atoms with E-state index in [1.54, 1.807) is 30.6 Å². The predicted octanol–water partition coefficient (Wildman–Crippen LogP) is 2.65. The number of nitrogens with zero attached hydrogens (tertiary/aromatic N) is 2. The lowest BCUT2D eigenvalue weighted by Crippen LogP contribution is -2.34. The van der Waals surface area contributed by atoms with Gasteiger partial charge >= 0.3 is 5.97 Å². The number of hydrogen-bond acceptors (Lipinski definition) is 5. The predicted molar refractivity (Wildman–Crippen MR) is 104 cm³/mol. The van der Waals surface area contributed by atoms with E-state index in [-0.39, 0.29) is 19.1 Å². The highest BCUT2D eigenvalue weighted by Crippen LogP contribution is 2.45. The first kappa shape index (κ1) is 18.7. The lowest BCUT2D eigenvalue weighted by Gasteiger charge is -2.12. The van der Waals surface area contributed by atoms with Crippen LogP contribution in [0, 0.1) is 5.41 Å². The fourth-order valence-electron chi connectivity index (χ4n) is 2.96. The van der Waals surface area contributed by atoms with Crippen LogP contribution in [0.25, 0.3) is 11.4 Å². The number of amides is 1. The summed E-state index contributed by atoms with van der Waals surface area (Å²) in [6, 6.07) is 12.6. The van der Waals surface area contributed by atoms with Crippen molar-refractivity contribution in [1.29, 1.82) is 0 Å². The van der Waals surface area contributed by atoms with Gasteiger partial charge < -0.3 is 15.2 Å². The summed E-state index contributed by atoms with van der Waals surface area (Å²) in [4.78, 5) is 27.9. The van der Waals surface area contributed by atoms with E-state index in [0.717, 1.165) is 17.0 Å². The summed E-state index contributed by atoms with van der Waals surface area (Å²) < 4.78 is 5.76. The minimum absolute atomic E-state index is 0.149. The molecule has 1 fully saturated rings. The molecule has 3 N–H and O–H groups in total. The molecule has 0 radical (unpaired) electrons. The average molecular weight is 392 g/mol. The van der Waals surface area contributed by atoms with Crippen molar-refractivity contribution in [3.05, 3.63) is 66.0 Å². The first-order valence-electron chi connectivity index (χ1n) is 9.25. The molecular weight excluding hydrogens is 372 g/mol. The minimum Gasteiger partial charge on any atom is -0.487 e. The van der Waals surface area contributed by atoms with Crippen LogP contribution in [-0.4, -0.2) is 38.7 Å². The van der Waals surface area contributed by atoms with Gasteiger partial charge in [-0.1, -0.05) is 12.1 Å². The number of aliphatic carboxylic acids is 1. The third-order valence-electron chi connectivity index (χ3n) is 5.00. The van der Waals surface area contributed by atoms with Crippen molar-refractivity contribution < 1.29 is 19.4 Å². The van der Waals surface area contributed by atoms with Gasteiger partial charge in [0.25, 0.3) is 5.91 Å². The third kappa shape index (κ3) is 4.26. The summed E-state index contributed by atoms with van der Waals surface area (Å²) in [5, 5.41) is 18.7. The highest BCUT2D eigenvalue weighted by molar-refractivity contribution is 5.94. The molecule has 0 bridgehead atoms. The number of pyridine rings is 1. The van der Waals surface area contributed by atoms with E-state index in [4.69, 9.17) is 4.74 Å². The minimum atomic E-state index is -0.855. The molecule has 1 saturated carbocycles. The topological polar surface area (TPSA) is 117 Å². The standard InChI is InChI=1S/C21H20N4O4/c26-19(23-13-21(7-8-21)20(27)28)15-3-1-2-14(10-15)12-29-16-4-5-17(22-11-16)18-6-9-24-25-18/h1-6,9-11H,7-8,12-13H2,(H,23,26)(H,24,25)(H,27,28). The van der Waals surface area contributed by atoms with E-state index >= 15 is 0 Å². The number of benzene rings is 1. The fourth-order valence-corrected chi connectivity index (χ4v) is 2.96. The van der Waals surface area contributed by atoms with Crippen LogP contribution in [0.4, 0.5) is 0 Å². The van der Waals surface area contributed by atoms with Crippen molar-refractivity contribution in [3.8, 4) is 17.1 Å². The SMILES string of the molecule is O=C(NCC1(C(=O)O)CC1)c1cccc(COc2ccc(-c3ccn[nH]3)nc2)c1. The van der Waals surface area contributed by atoms with Crippen molar-refractivity contribution in [1.82, 2.24) is 20.5 Å². The summed E-state index contributed by atoms with van der Waals surface area (Å²) >= 11 is 0. The molecule has 2 heterocycles. The zero-order chi connectivity index (χ0) is 20.3. The van der Waals surface area contributed by atoms with Gasteiger partial charge in [0.1, 0.15) is 12.4 Å². The maximum atomic E-state index is 12.4. The highest BCUT2D eigenvalue weighted by Gasteiger charge is 2.50. The van der Waals surface area contributed by atoms with Gasteiger partial charge in [0, 0.05) is 18.3 Å². The van der Waals surface area contributed by atoms with E-state index < -0.39 is 11.4 Å². The molecule has 0 unspecified atom stereocenters. The molecule has 148 valence electrons. The number of carbonyl (C=O) groups is 2. The Bertz CT molecular complexity index is 1010. The molecule has 29 heavy (non-hydrogen) atoms. The Balaban J connectivity index is 1.34. The number of aromatic nitrogens is 3. The number of rotatable bonds is 8. The molecule has 8 heteroatoms. The molecule has 2 aromatic heterocycles. The first-order valence-corrected chi connectivity index (χ1v) is 9.25. The number of carboxylic acids is 1. The van der Waals surface area contributed by atoms with Crippen LogP contribution in [0.1, 0.15) is 28.8 Å². The number of hydrogen-bond donors (Lipinski definition) is 3. The first-order chi connectivity index (χ1) is 14.1. The molecule has 1 aliphatic carbocycles. The molecule has 1 aromatic carbocycles. The normalized spacial score (nSPS) is 14.2. The molecule has 1 aliphatic rings. The molecule has 0 saturated heterocycles. The van der Waals surface area contributed by atoms with Gasteiger partial charge in [0.05, 0.1) is 23.0 Å². The van der Waals surface area contributed by atoms with E-state index in [2.05, 4.69) is 20.5 Å². The Morgan fingerprint density at radius 2 is 2.07 bits per heavy atom. The number of aromatic amines is 1. The number of nitrogens with one attached hydrogen (secondary N) is 2. The average Bonchev–Trinajstić information content (AvgIpc) is 3.35. The summed E-state index contributed by atoms with van der Waals surface area (Å²) in [6.45, 7) is 0.432. The number of carbonyl (C=O) groups excluding carboxylic acids is 1. The van der Waals surface area contributed by atoms with Crippen LogP contribution in [-0.2, 0) is 11.4 Å². The van der Waals surface area contributed by atoms with Crippen LogP contribution in [0.15, 0.2) is 54.9 Å². The quantitative estimate of drug-likeness (QED) is 0.543. The Morgan fingerprint density at radius 3 is 2.72 bits per heavy atom. The zero-order valence-electron chi connectivity index (χ0n) is 15.6. The molecule has 0 atom stereocenters. The van der Waals surface area contributed by atoms with Crippen LogP contribution in [0.3, 0.4) is 0 Å². The lowest BCUT2D eigenvalue weighted by molar-refractivity contribution is -0.143. The Labute approximate surface area is 166 Å². The van der Waals surface area contributed by atoms with Gasteiger partial charge in [0.15, 0.2) is 0 Å². The monoisotopic (exact) mass is 392 g/mol. The summed E-state index contributed by atoms with van der Waals surface area (Å²) in [7, 11) is 0. The zero-order valence-corrected chi connectivity index (χ0v) is 15.6. The van der Waals surface area contributed by atoms with Crippen molar-refractivity contribution in [2.24, 2.45) is 5.41 Å². The molecular formula is C21H20N4O4. The summed E-state index contributed by atoms with van der Waals surface area (Å²) in [5.41, 5.74) is 2.11. The van der Waals surface area contributed by atoms with Gasteiger partial charge in [-0.3, -0.25) is 19.7 Å². The maximum absolute atomic E-state index is 12.4. The van der Waals surface area contributed by atoms with Crippen molar-refractivity contribution in [2.75, 3.05) is 6.54 Å². The van der Waals surface area contributed by atoms with E-state index in [9.17, 15) is 14.7 Å². The van der Waals surface area contributed by atoms with Crippen molar-refractivity contribution >= 4 is 11.9 Å². The van der Waals surface area contributed by atoms with E-state index in [0.29, 0.717) is 24.2 Å². The Morgan fingerprint density at radius 1 is 1.21 bits per heavy atom. The number of ether oxygens (including phenoxy) is 1. The maximum Gasteiger partial charge on any atom is 0.311 e. The van der Waals surface area contributed by atoms with Gasteiger partial charge in [-0.25, -0.2) is 0 Å². The molecule has 3 aromatic rings. The largest absolute Gasteiger partial charge is 0.487 e. The van der Waals surface area contributed by atoms with Crippen molar-refractivity contribution in [3.63, 3.8) is 0 Å². The number of carboxylic acid groups (broad SMARTS) is 1. The molecule has 1 amide bonds. The Kier molecular flexibility index (Phi) is 4.99. The van der Waals surface area contributed by atoms with Gasteiger partial charge in [-0.2, -0.15) is 5.10 Å². The van der Waals surface area contributed by atoms with Gasteiger partial charge in [-0.05, 0) is 48.7 Å². The molecule has 0 spiro atoms. The second-order valence-corrected chi connectivity index (χ2v) is 7.11. The summed E-state index contributed by atoms with van der Waals surface area (Å²) in [5.74, 6) is -0.530. The van der Waals surface area contributed by atoms with Gasteiger partial charge in [-0.15, -0.1) is 0 Å².